The molecular formula is C18H22N2O2. The molecule has 1 aromatic carbocycles. The van der Waals surface area contributed by atoms with Crippen LogP contribution in [0.3, 0.4) is 0 Å². The minimum Gasteiger partial charge on any atom is -0.360 e. The average molecular weight is 298 g/mol. The van der Waals surface area contributed by atoms with Crippen LogP contribution in [0, 0.1) is 0 Å². The fourth-order valence-electron chi connectivity index (χ4n) is 3.47. The molecule has 0 atom stereocenters. The molecule has 1 aromatic heterocycles. The van der Waals surface area contributed by atoms with Crippen molar-refractivity contribution in [1.29, 1.82) is 0 Å². The Bertz CT molecular complexity index is 683. The quantitative estimate of drug-likeness (QED) is 0.693. The number of benzene rings is 1. The molecule has 0 radical (unpaired) electrons. The first-order valence-electron chi connectivity index (χ1n) is 8.13. The number of rotatable bonds is 4. The first-order valence-corrected chi connectivity index (χ1v) is 8.13. The van der Waals surface area contributed by atoms with Crippen LogP contribution in [0.25, 0.3) is 10.9 Å². The number of aromatic amines is 1. The number of fused-ring (bicyclic) bond motifs is 1. The van der Waals surface area contributed by atoms with Gasteiger partial charge in [0.2, 0.25) is 0 Å². The third kappa shape index (κ3) is 2.65. The molecule has 1 heterocycles. The minimum absolute atomic E-state index is 0.223. The number of aromatic nitrogens is 1. The molecule has 22 heavy (non-hydrogen) atoms. The van der Waals surface area contributed by atoms with Gasteiger partial charge in [0.1, 0.15) is 0 Å². The van der Waals surface area contributed by atoms with Crippen molar-refractivity contribution < 1.29 is 9.59 Å². The van der Waals surface area contributed by atoms with E-state index >= 15 is 0 Å². The maximum Gasteiger partial charge on any atom is 0.295 e. The van der Waals surface area contributed by atoms with Crippen molar-refractivity contribution in [2.24, 2.45) is 0 Å². The Labute approximate surface area is 130 Å². The largest absolute Gasteiger partial charge is 0.360 e. The van der Waals surface area contributed by atoms with Gasteiger partial charge >= 0.3 is 0 Å². The Morgan fingerprint density at radius 1 is 1.18 bits per heavy atom. The van der Waals surface area contributed by atoms with E-state index in [2.05, 4.69) is 4.98 Å². The van der Waals surface area contributed by atoms with Gasteiger partial charge in [-0.15, -0.1) is 0 Å². The minimum atomic E-state index is -0.398. The molecule has 1 saturated carbocycles. The van der Waals surface area contributed by atoms with Crippen LogP contribution in [0.4, 0.5) is 0 Å². The highest BCUT2D eigenvalue weighted by Gasteiger charge is 2.30. The lowest BCUT2D eigenvalue weighted by atomic mass is 9.93. The number of hydrogen-bond acceptors (Lipinski definition) is 2. The van der Waals surface area contributed by atoms with Crippen LogP contribution < -0.4 is 0 Å². The molecule has 1 N–H and O–H groups in total. The molecular weight excluding hydrogens is 276 g/mol. The highest BCUT2D eigenvalue weighted by atomic mass is 16.2. The molecule has 3 rings (SSSR count). The molecule has 4 heteroatoms. The summed E-state index contributed by atoms with van der Waals surface area (Å²) in [7, 11) is 0. The van der Waals surface area contributed by atoms with E-state index in [-0.39, 0.29) is 11.9 Å². The van der Waals surface area contributed by atoms with Crippen LogP contribution in [0.5, 0.6) is 0 Å². The van der Waals surface area contributed by atoms with Gasteiger partial charge in [-0.1, -0.05) is 37.5 Å². The highest BCUT2D eigenvalue weighted by Crippen LogP contribution is 2.24. The van der Waals surface area contributed by atoms with Gasteiger partial charge in [0.05, 0.1) is 5.56 Å². The molecule has 0 unspecified atom stereocenters. The molecule has 4 nitrogen and oxygen atoms in total. The monoisotopic (exact) mass is 298 g/mol. The first kappa shape index (κ1) is 14.8. The average Bonchev–Trinajstić information content (AvgIpc) is 3.00. The van der Waals surface area contributed by atoms with Gasteiger partial charge in [-0.2, -0.15) is 0 Å². The predicted molar refractivity (Wildman–Crippen MR) is 86.9 cm³/mol. The topological polar surface area (TPSA) is 53.2 Å². The smallest absolute Gasteiger partial charge is 0.295 e. The Hall–Kier alpha value is -2.10. The summed E-state index contributed by atoms with van der Waals surface area (Å²) >= 11 is 0. The van der Waals surface area contributed by atoms with Gasteiger partial charge in [-0.25, -0.2) is 0 Å². The summed E-state index contributed by atoms with van der Waals surface area (Å²) in [5.74, 6) is -0.760. The standard InChI is InChI=1S/C18H22N2O2/c1-2-20(13-8-4-3-5-9-13)18(22)17(21)15-12-19-16-11-7-6-10-14(15)16/h6-7,10-13,19H,2-5,8-9H2,1H3. The third-order valence-electron chi connectivity index (χ3n) is 4.65. The summed E-state index contributed by atoms with van der Waals surface area (Å²) in [5, 5.41) is 0.820. The Morgan fingerprint density at radius 3 is 2.64 bits per heavy atom. The van der Waals surface area contributed by atoms with Crippen LogP contribution in [-0.2, 0) is 4.79 Å². The normalized spacial score (nSPS) is 15.9. The molecule has 1 aliphatic carbocycles. The zero-order chi connectivity index (χ0) is 15.5. The Morgan fingerprint density at radius 2 is 1.91 bits per heavy atom. The van der Waals surface area contributed by atoms with Gasteiger partial charge < -0.3 is 9.88 Å². The molecule has 0 aliphatic heterocycles. The van der Waals surface area contributed by atoms with E-state index in [1.54, 1.807) is 11.1 Å². The molecule has 0 saturated heterocycles. The molecule has 116 valence electrons. The summed E-state index contributed by atoms with van der Waals surface area (Å²) < 4.78 is 0. The number of carbonyl (C=O) groups is 2. The van der Waals surface area contributed by atoms with Crippen molar-refractivity contribution in [1.82, 2.24) is 9.88 Å². The first-order chi connectivity index (χ1) is 10.7. The number of nitrogens with zero attached hydrogens (tertiary/aromatic N) is 1. The van der Waals surface area contributed by atoms with E-state index in [0.717, 1.165) is 36.6 Å². The maximum absolute atomic E-state index is 12.7. The van der Waals surface area contributed by atoms with Crippen LogP contribution in [0.1, 0.15) is 49.4 Å². The number of carbonyl (C=O) groups excluding carboxylic acids is 2. The number of para-hydroxylation sites is 1. The van der Waals surface area contributed by atoms with Crippen LogP contribution in [0.2, 0.25) is 0 Å². The zero-order valence-electron chi connectivity index (χ0n) is 13.0. The van der Waals surface area contributed by atoms with Crippen LogP contribution >= 0.6 is 0 Å². The van der Waals surface area contributed by atoms with Crippen molar-refractivity contribution in [2.45, 2.75) is 45.1 Å². The van der Waals surface area contributed by atoms with Gasteiger partial charge in [-0.05, 0) is 25.8 Å². The van der Waals surface area contributed by atoms with Gasteiger partial charge in [0, 0.05) is 29.7 Å². The number of Topliss-reactive ketones (excluding diaryl/α,β-unsaturated/α-hetero) is 1. The maximum atomic E-state index is 12.7. The van der Waals surface area contributed by atoms with E-state index in [9.17, 15) is 9.59 Å². The van der Waals surface area contributed by atoms with E-state index in [0.29, 0.717) is 12.1 Å². The lowest BCUT2D eigenvalue weighted by molar-refractivity contribution is -0.129. The summed E-state index contributed by atoms with van der Waals surface area (Å²) in [5.41, 5.74) is 1.37. The third-order valence-corrected chi connectivity index (χ3v) is 4.65. The molecule has 1 fully saturated rings. The number of amides is 1. The van der Waals surface area contributed by atoms with Gasteiger partial charge in [0.25, 0.3) is 11.7 Å². The second-order valence-corrected chi connectivity index (χ2v) is 5.96. The number of nitrogens with one attached hydrogen (secondary N) is 1. The van der Waals surface area contributed by atoms with E-state index < -0.39 is 5.78 Å². The van der Waals surface area contributed by atoms with Crippen molar-refractivity contribution in [3.63, 3.8) is 0 Å². The Kier molecular flexibility index (Phi) is 4.27. The number of likely N-dealkylation sites (N-methyl/N-ethyl adjacent to an activating group) is 1. The summed E-state index contributed by atoms with van der Waals surface area (Å²) in [6.45, 7) is 2.55. The van der Waals surface area contributed by atoms with Gasteiger partial charge in [-0.3, -0.25) is 9.59 Å². The molecule has 1 amide bonds. The molecule has 2 aromatic rings. The number of H-pyrrole nitrogens is 1. The van der Waals surface area contributed by atoms with E-state index in [1.807, 2.05) is 31.2 Å². The SMILES string of the molecule is CCN(C(=O)C(=O)c1c[nH]c2ccccc12)C1CCCCC1. The second kappa shape index (κ2) is 6.34. The summed E-state index contributed by atoms with van der Waals surface area (Å²) in [4.78, 5) is 30.2. The van der Waals surface area contributed by atoms with Crippen molar-refractivity contribution >= 4 is 22.6 Å². The van der Waals surface area contributed by atoms with Crippen molar-refractivity contribution in [3.8, 4) is 0 Å². The van der Waals surface area contributed by atoms with E-state index in [4.69, 9.17) is 0 Å². The lowest BCUT2D eigenvalue weighted by Crippen LogP contribution is -2.44. The van der Waals surface area contributed by atoms with Crippen molar-refractivity contribution in [3.05, 3.63) is 36.0 Å². The highest BCUT2D eigenvalue weighted by molar-refractivity contribution is 6.44. The van der Waals surface area contributed by atoms with Crippen molar-refractivity contribution in [2.75, 3.05) is 6.54 Å². The molecule has 0 spiro atoms. The van der Waals surface area contributed by atoms with E-state index in [1.165, 1.54) is 6.42 Å². The lowest BCUT2D eigenvalue weighted by Gasteiger charge is -2.33. The van der Waals surface area contributed by atoms with Crippen LogP contribution in [0.15, 0.2) is 30.5 Å². The molecule has 0 bridgehead atoms. The predicted octanol–water partition coefficient (Wildman–Crippen LogP) is 3.53. The van der Waals surface area contributed by atoms with Gasteiger partial charge in [0.15, 0.2) is 0 Å². The summed E-state index contributed by atoms with van der Waals surface area (Å²) in [6, 6.07) is 7.81. The molecule has 1 aliphatic rings. The fourth-order valence-corrected chi connectivity index (χ4v) is 3.47. The number of ketones is 1. The number of hydrogen-bond donors (Lipinski definition) is 1. The Balaban J connectivity index is 1.85. The van der Waals surface area contributed by atoms with Crippen LogP contribution in [-0.4, -0.2) is 34.2 Å². The zero-order valence-corrected chi connectivity index (χ0v) is 13.0. The fraction of sp³-hybridized carbons (Fsp3) is 0.444. The second-order valence-electron chi connectivity index (χ2n) is 5.96. The summed E-state index contributed by atoms with van der Waals surface area (Å²) in [6.07, 6.45) is 7.21.